The van der Waals surface area contributed by atoms with Crippen LogP contribution < -0.4 is 4.74 Å². The van der Waals surface area contributed by atoms with Crippen LogP contribution in [0.1, 0.15) is 35.1 Å². The number of ether oxygens (including phenoxy) is 1. The summed E-state index contributed by atoms with van der Waals surface area (Å²) in [4.78, 5) is 10.6. The first-order valence-electron chi connectivity index (χ1n) is 5.94. The molecule has 1 rings (SSSR count). The summed E-state index contributed by atoms with van der Waals surface area (Å²) in [5, 5.41) is 8.70. The zero-order valence-corrected chi connectivity index (χ0v) is 12.8. The molecule has 0 saturated carbocycles. The summed E-state index contributed by atoms with van der Waals surface area (Å²) >= 11 is 3.59. The van der Waals surface area contributed by atoms with Crippen LogP contribution in [0.15, 0.2) is 4.47 Å². The number of carbonyl (C=O) groups is 1. The molecule has 0 fully saturated rings. The highest BCUT2D eigenvalue weighted by molar-refractivity contribution is 9.10. The molecule has 100 valence electrons. The van der Waals surface area contributed by atoms with Gasteiger partial charge in [0.05, 0.1) is 7.11 Å². The largest absolute Gasteiger partial charge is 0.496 e. The molecule has 0 saturated heterocycles. The van der Waals surface area contributed by atoms with Gasteiger partial charge in [-0.25, -0.2) is 0 Å². The Bertz CT molecular complexity index is 467. The van der Waals surface area contributed by atoms with E-state index in [-0.39, 0.29) is 6.42 Å². The summed E-state index contributed by atoms with van der Waals surface area (Å²) < 4.78 is 6.57. The zero-order chi connectivity index (χ0) is 13.9. The molecular weight excluding hydrogens is 296 g/mol. The molecule has 0 atom stereocenters. The quantitative estimate of drug-likeness (QED) is 0.899. The molecule has 0 unspecified atom stereocenters. The van der Waals surface area contributed by atoms with Gasteiger partial charge in [0.25, 0.3) is 0 Å². The van der Waals surface area contributed by atoms with Crippen molar-refractivity contribution in [2.24, 2.45) is 0 Å². The third kappa shape index (κ3) is 3.05. The lowest BCUT2D eigenvalue weighted by molar-refractivity contribution is -0.137. The van der Waals surface area contributed by atoms with Crippen molar-refractivity contribution in [3.8, 4) is 5.75 Å². The third-order valence-corrected chi connectivity index (χ3v) is 4.50. The van der Waals surface area contributed by atoms with Gasteiger partial charge in [0.15, 0.2) is 0 Å². The number of rotatable bonds is 5. The fourth-order valence-electron chi connectivity index (χ4n) is 2.14. The van der Waals surface area contributed by atoms with E-state index in [1.165, 1.54) is 5.56 Å². The van der Waals surface area contributed by atoms with E-state index in [0.29, 0.717) is 6.42 Å². The van der Waals surface area contributed by atoms with E-state index in [2.05, 4.69) is 22.9 Å². The minimum absolute atomic E-state index is 0.188. The van der Waals surface area contributed by atoms with E-state index < -0.39 is 5.97 Å². The van der Waals surface area contributed by atoms with Crippen molar-refractivity contribution >= 4 is 21.9 Å². The Labute approximate surface area is 116 Å². The number of benzene rings is 1. The normalized spacial score (nSPS) is 10.5. The summed E-state index contributed by atoms with van der Waals surface area (Å²) in [7, 11) is 1.66. The van der Waals surface area contributed by atoms with Crippen LogP contribution in [0, 0.1) is 20.8 Å². The van der Waals surface area contributed by atoms with E-state index in [1.54, 1.807) is 7.11 Å². The molecule has 0 aliphatic rings. The molecule has 0 aliphatic heterocycles. The SMILES string of the molecule is COc1c(C)c(C)c(Br)c(C)c1CCCC(=O)O. The summed E-state index contributed by atoms with van der Waals surface area (Å²) in [5.74, 6) is 0.133. The Hall–Kier alpha value is -1.03. The average molecular weight is 315 g/mol. The maximum absolute atomic E-state index is 10.6. The molecule has 0 heterocycles. The van der Waals surface area contributed by atoms with Crippen molar-refractivity contribution in [3.05, 3.63) is 26.7 Å². The first-order valence-corrected chi connectivity index (χ1v) is 6.73. The second-order valence-electron chi connectivity index (χ2n) is 4.45. The van der Waals surface area contributed by atoms with Gasteiger partial charge < -0.3 is 9.84 Å². The van der Waals surface area contributed by atoms with E-state index in [0.717, 1.165) is 33.3 Å². The van der Waals surface area contributed by atoms with Gasteiger partial charge in [-0.2, -0.15) is 0 Å². The fourth-order valence-corrected chi connectivity index (χ4v) is 2.68. The van der Waals surface area contributed by atoms with Crippen LogP contribution in [0.5, 0.6) is 5.75 Å². The molecule has 18 heavy (non-hydrogen) atoms. The zero-order valence-electron chi connectivity index (χ0n) is 11.3. The Kier molecular flexibility index (Phi) is 5.20. The van der Waals surface area contributed by atoms with Crippen LogP contribution in [0.25, 0.3) is 0 Å². The lowest BCUT2D eigenvalue weighted by Crippen LogP contribution is -2.03. The minimum atomic E-state index is -0.755. The monoisotopic (exact) mass is 314 g/mol. The fraction of sp³-hybridized carbons (Fsp3) is 0.500. The summed E-state index contributed by atoms with van der Waals surface area (Å²) in [6.45, 7) is 6.12. The standard InChI is InChI=1S/C14H19BrO3/c1-8-9(2)14(18-4)11(10(3)13(8)15)6-5-7-12(16)17/h5-7H2,1-4H3,(H,16,17). The molecule has 0 bridgehead atoms. The van der Waals surface area contributed by atoms with Crippen LogP contribution in [0.4, 0.5) is 0 Å². The van der Waals surface area contributed by atoms with Gasteiger partial charge in [-0.3, -0.25) is 4.79 Å². The maximum Gasteiger partial charge on any atom is 0.303 e. The third-order valence-electron chi connectivity index (χ3n) is 3.31. The van der Waals surface area contributed by atoms with Crippen molar-refractivity contribution < 1.29 is 14.6 Å². The highest BCUT2D eigenvalue weighted by atomic mass is 79.9. The summed E-state index contributed by atoms with van der Waals surface area (Å²) in [5.41, 5.74) is 4.53. The molecule has 0 spiro atoms. The summed E-state index contributed by atoms with van der Waals surface area (Å²) in [6, 6.07) is 0. The summed E-state index contributed by atoms with van der Waals surface area (Å²) in [6.07, 6.45) is 1.54. The van der Waals surface area contributed by atoms with Gasteiger partial charge in [0.1, 0.15) is 5.75 Å². The smallest absolute Gasteiger partial charge is 0.303 e. The van der Waals surface area contributed by atoms with Gasteiger partial charge in [0.2, 0.25) is 0 Å². The first-order chi connectivity index (χ1) is 8.40. The van der Waals surface area contributed by atoms with Gasteiger partial charge in [-0.05, 0) is 55.9 Å². The van der Waals surface area contributed by atoms with Gasteiger partial charge in [0, 0.05) is 10.9 Å². The maximum atomic E-state index is 10.6. The topological polar surface area (TPSA) is 46.5 Å². The van der Waals surface area contributed by atoms with E-state index in [1.807, 2.05) is 13.8 Å². The van der Waals surface area contributed by atoms with E-state index in [4.69, 9.17) is 9.84 Å². The van der Waals surface area contributed by atoms with Crippen LogP contribution >= 0.6 is 15.9 Å². The lowest BCUT2D eigenvalue weighted by Gasteiger charge is -2.18. The predicted octanol–water partition coefficient (Wildman–Crippen LogP) is 3.79. The van der Waals surface area contributed by atoms with Crippen LogP contribution in [0.2, 0.25) is 0 Å². The minimum Gasteiger partial charge on any atom is -0.496 e. The molecular formula is C14H19BrO3. The van der Waals surface area contributed by atoms with Gasteiger partial charge in [-0.15, -0.1) is 0 Å². The molecule has 1 N–H and O–H groups in total. The molecule has 4 heteroatoms. The Morgan fingerprint density at radius 1 is 1.22 bits per heavy atom. The number of carboxylic acids is 1. The van der Waals surface area contributed by atoms with Crippen LogP contribution in [0.3, 0.4) is 0 Å². The second kappa shape index (κ2) is 6.23. The number of hydrogen-bond donors (Lipinski definition) is 1. The lowest BCUT2D eigenvalue weighted by atomic mass is 9.95. The highest BCUT2D eigenvalue weighted by Crippen LogP contribution is 2.36. The van der Waals surface area contributed by atoms with Crippen LogP contribution in [-0.4, -0.2) is 18.2 Å². The van der Waals surface area contributed by atoms with Crippen molar-refractivity contribution in [3.63, 3.8) is 0 Å². The molecule has 0 aliphatic carbocycles. The van der Waals surface area contributed by atoms with Crippen molar-refractivity contribution in [1.29, 1.82) is 0 Å². The molecule has 0 aromatic heterocycles. The number of aliphatic carboxylic acids is 1. The number of halogens is 1. The van der Waals surface area contributed by atoms with Crippen molar-refractivity contribution in [1.82, 2.24) is 0 Å². The number of methoxy groups -OCH3 is 1. The Balaban J connectivity index is 3.12. The first kappa shape index (κ1) is 15.0. The molecule has 1 aromatic rings. The van der Waals surface area contributed by atoms with Gasteiger partial charge >= 0.3 is 5.97 Å². The Morgan fingerprint density at radius 2 is 1.83 bits per heavy atom. The number of carboxylic acid groups (broad SMARTS) is 1. The van der Waals surface area contributed by atoms with Crippen molar-refractivity contribution in [2.75, 3.05) is 7.11 Å². The van der Waals surface area contributed by atoms with Gasteiger partial charge in [-0.1, -0.05) is 15.9 Å². The molecule has 1 aromatic carbocycles. The molecule has 3 nitrogen and oxygen atoms in total. The Morgan fingerprint density at radius 3 is 2.33 bits per heavy atom. The average Bonchev–Trinajstić information content (AvgIpc) is 2.33. The predicted molar refractivity (Wildman–Crippen MR) is 75.5 cm³/mol. The highest BCUT2D eigenvalue weighted by Gasteiger charge is 2.16. The second-order valence-corrected chi connectivity index (χ2v) is 5.24. The van der Waals surface area contributed by atoms with E-state index >= 15 is 0 Å². The molecule has 0 amide bonds. The van der Waals surface area contributed by atoms with E-state index in [9.17, 15) is 4.79 Å². The van der Waals surface area contributed by atoms with Crippen LogP contribution in [-0.2, 0) is 11.2 Å². The van der Waals surface area contributed by atoms with Crippen molar-refractivity contribution in [2.45, 2.75) is 40.0 Å². The number of hydrogen-bond acceptors (Lipinski definition) is 2. The molecule has 0 radical (unpaired) electrons.